The highest BCUT2D eigenvalue weighted by atomic mass is 32.1. The highest BCUT2D eigenvalue weighted by Gasteiger charge is 2.26. The molecule has 2 aromatic carbocycles. The molecule has 1 atom stereocenters. The molecule has 0 bridgehead atoms. The van der Waals surface area contributed by atoms with Gasteiger partial charge in [-0.15, -0.1) is 0 Å². The minimum absolute atomic E-state index is 0.0854. The van der Waals surface area contributed by atoms with E-state index in [2.05, 4.69) is 12.1 Å². The Labute approximate surface area is 168 Å². The summed E-state index contributed by atoms with van der Waals surface area (Å²) in [6, 6.07) is 15.9. The Bertz CT molecular complexity index is 935. The largest absolute Gasteiger partial charge is 0.497 e. The van der Waals surface area contributed by atoms with Crippen molar-refractivity contribution in [2.75, 3.05) is 25.2 Å². The molecule has 1 aliphatic heterocycles. The van der Waals surface area contributed by atoms with Crippen molar-refractivity contribution in [2.24, 2.45) is 0 Å². The Kier molecular flexibility index (Phi) is 5.88. The number of carbonyl (C=O) groups is 1. The van der Waals surface area contributed by atoms with Crippen LogP contribution in [0.25, 0.3) is 10.2 Å². The number of fused-ring (bicyclic) bond motifs is 1. The molecule has 1 fully saturated rings. The predicted molar refractivity (Wildman–Crippen MR) is 112 cm³/mol. The number of ether oxygens (including phenoxy) is 2. The molecule has 2 heterocycles. The number of hydrogen-bond donors (Lipinski definition) is 0. The Morgan fingerprint density at radius 2 is 2.14 bits per heavy atom. The molecule has 0 saturated carbocycles. The highest BCUT2D eigenvalue weighted by Crippen LogP contribution is 2.32. The molecule has 0 N–H and O–H groups in total. The molecular formula is C22H24N2O3S. The summed E-state index contributed by atoms with van der Waals surface area (Å²) >= 11 is 1.53. The summed E-state index contributed by atoms with van der Waals surface area (Å²) in [5.74, 6) is 0.883. The summed E-state index contributed by atoms with van der Waals surface area (Å²) in [6.07, 6.45) is 3.30. The van der Waals surface area contributed by atoms with E-state index in [0.29, 0.717) is 13.0 Å². The van der Waals surface area contributed by atoms with Gasteiger partial charge in [-0.1, -0.05) is 41.7 Å². The van der Waals surface area contributed by atoms with Gasteiger partial charge in [0.25, 0.3) is 0 Å². The van der Waals surface area contributed by atoms with E-state index in [0.717, 1.165) is 47.0 Å². The van der Waals surface area contributed by atoms with Crippen LogP contribution in [-0.2, 0) is 16.0 Å². The molecule has 28 heavy (non-hydrogen) atoms. The van der Waals surface area contributed by atoms with Gasteiger partial charge in [0.05, 0.1) is 30.0 Å². The van der Waals surface area contributed by atoms with Crippen LogP contribution >= 0.6 is 11.3 Å². The van der Waals surface area contributed by atoms with Crippen molar-refractivity contribution in [3.8, 4) is 5.75 Å². The Morgan fingerprint density at radius 1 is 1.29 bits per heavy atom. The van der Waals surface area contributed by atoms with Gasteiger partial charge in [-0.05, 0) is 43.0 Å². The summed E-state index contributed by atoms with van der Waals surface area (Å²) in [5, 5.41) is 0.733. The van der Waals surface area contributed by atoms with Gasteiger partial charge in [-0.25, -0.2) is 4.98 Å². The fourth-order valence-electron chi connectivity index (χ4n) is 3.44. The van der Waals surface area contributed by atoms with E-state index in [1.165, 1.54) is 16.9 Å². The Hall–Kier alpha value is -2.44. The molecule has 4 rings (SSSR count). The van der Waals surface area contributed by atoms with Crippen molar-refractivity contribution >= 4 is 32.6 Å². The van der Waals surface area contributed by atoms with Gasteiger partial charge in [0.2, 0.25) is 5.91 Å². The van der Waals surface area contributed by atoms with Gasteiger partial charge in [0.15, 0.2) is 5.13 Å². The van der Waals surface area contributed by atoms with E-state index in [9.17, 15) is 4.79 Å². The van der Waals surface area contributed by atoms with Crippen LogP contribution in [0.5, 0.6) is 5.75 Å². The van der Waals surface area contributed by atoms with E-state index in [1.807, 2.05) is 41.3 Å². The van der Waals surface area contributed by atoms with Crippen molar-refractivity contribution in [1.29, 1.82) is 0 Å². The fourth-order valence-corrected chi connectivity index (χ4v) is 4.47. The summed E-state index contributed by atoms with van der Waals surface area (Å²) in [5.41, 5.74) is 2.05. The lowest BCUT2D eigenvalue weighted by Gasteiger charge is -2.23. The maximum atomic E-state index is 13.1. The highest BCUT2D eigenvalue weighted by molar-refractivity contribution is 7.22. The average molecular weight is 397 g/mol. The quantitative estimate of drug-likeness (QED) is 0.592. The second kappa shape index (κ2) is 8.71. The smallest absolute Gasteiger partial charge is 0.229 e. The van der Waals surface area contributed by atoms with Crippen molar-refractivity contribution in [3.63, 3.8) is 0 Å². The summed E-state index contributed by atoms with van der Waals surface area (Å²) in [7, 11) is 1.65. The summed E-state index contributed by atoms with van der Waals surface area (Å²) in [6.45, 7) is 1.33. The number of methoxy groups -OCH3 is 1. The lowest BCUT2D eigenvalue weighted by Crippen LogP contribution is -2.37. The molecular weight excluding hydrogens is 372 g/mol. The van der Waals surface area contributed by atoms with Crippen LogP contribution in [0, 0.1) is 0 Å². The topological polar surface area (TPSA) is 51.7 Å². The lowest BCUT2D eigenvalue weighted by atomic mass is 10.1. The SMILES string of the molecule is COc1ccc2nc(N(CC3CCCO3)C(=O)CCc3ccccc3)sc2c1. The molecule has 0 radical (unpaired) electrons. The lowest BCUT2D eigenvalue weighted by molar-refractivity contribution is -0.119. The first-order chi connectivity index (χ1) is 13.7. The first-order valence-corrected chi connectivity index (χ1v) is 10.4. The molecule has 1 aromatic heterocycles. The van der Waals surface area contributed by atoms with E-state index in [1.54, 1.807) is 7.11 Å². The second-order valence-electron chi connectivity index (χ2n) is 6.96. The minimum atomic E-state index is 0.0854. The van der Waals surface area contributed by atoms with Gasteiger partial charge in [-0.2, -0.15) is 0 Å². The third-order valence-corrected chi connectivity index (χ3v) is 6.04. The van der Waals surface area contributed by atoms with Crippen molar-refractivity contribution in [2.45, 2.75) is 31.8 Å². The summed E-state index contributed by atoms with van der Waals surface area (Å²) in [4.78, 5) is 19.7. The standard InChI is InChI=1S/C22H24N2O3S/c1-26-17-10-11-19-20(14-17)28-22(23-19)24(15-18-8-5-13-27-18)21(25)12-9-16-6-3-2-4-7-16/h2-4,6-7,10-11,14,18H,5,8-9,12-13,15H2,1H3. The first kappa shape index (κ1) is 18.9. The van der Waals surface area contributed by atoms with E-state index >= 15 is 0 Å². The number of anilines is 1. The Balaban J connectivity index is 1.56. The third kappa shape index (κ3) is 4.34. The molecule has 0 aliphatic carbocycles. The molecule has 1 saturated heterocycles. The number of hydrogen-bond acceptors (Lipinski definition) is 5. The second-order valence-corrected chi connectivity index (χ2v) is 7.96. The van der Waals surface area contributed by atoms with Crippen LogP contribution in [0.1, 0.15) is 24.8 Å². The number of amides is 1. The zero-order valence-corrected chi connectivity index (χ0v) is 16.8. The van der Waals surface area contributed by atoms with Gasteiger partial charge in [0, 0.05) is 13.0 Å². The number of aryl methyl sites for hydroxylation is 1. The van der Waals surface area contributed by atoms with Gasteiger partial charge in [-0.3, -0.25) is 9.69 Å². The maximum absolute atomic E-state index is 13.1. The van der Waals surface area contributed by atoms with E-state index < -0.39 is 0 Å². The maximum Gasteiger partial charge on any atom is 0.229 e. The van der Waals surface area contributed by atoms with Gasteiger partial charge in [0.1, 0.15) is 5.75 Å². The predicted octanol–water partition coefficient (Wildman–Crippen LogP) is 4.45. The average Bonchev–Trinajstić information content (AvgIpc) is 3.39. The third-order valence-electron chi connectivity index (χ3n) is 5.00. The van der Waals surface area contributed by atoms with Crippen LogP contribution in [0.2, 0.25) is 0 Å². The monoisotopic (exact) mass is 396 g/mol. The van der Waals surface area contributed by atoms with Crippen LogP contribution in [0.15, 0.2) is 48.5 Å². The normalized spacial score (nSPS) is 16.4. The number of benzene rings is 2. The number of thiazole rings is 1. The first-order valence-electron chi connectivity index (χ1n) is 9.63. The molecule has 146 valence electrons. The van der Waals surface area contributed by atoms with E-state index in [-0.39, 0.29) is 12.0 Å². The number of rotatable bonds is 7. The van der Waals surface area contributed by atoms with Crippen LogP contribution in [-0.4, -0.2) is 37.3 Å². The summed E-state index contributed by atoms with van der Waals surface area (Å²) < 4.78 is 12.1. The molecule has 0 spiro atoms. The van der Waals surface area contributed by atoms with Crippen LogP contribution in [0.4, 0.5) is 5.13 Å². The zero-order chi connectivity index (χ0) is 19.3. The zero-order valence-electron chi connectivity index (χ0n) is 16.0. The van der Waals surface area contributed by atoms with Crippen LogP contribution < -0.4 is 9.64 Å². The fraction of sp³-hybridized carbons (Fsp3) is 0.364. The number of nitrogens with zero attached hydrogens (tertiary/aromatic N) is 2. The van der Waals surface area contributed by atoms with Crippen molar-refractivity contribution in [1.82, 2.24) is 4.98 Å². The minimum Gasteiger partial charge on any atom is -0.497 e. The van der Waals surface area contributed by atoms with Crippen LogP contribution in [0.3, 0.4) is 0 Å². The molecule has 1 aliphatic rings. The molecule has 1 amide bonds. The van der Waals surface area contributed by atoms with E-state index in [4.69, 9.17) is 14.5 Å². The number of carbonyl (C=O) groups excluding carboxylic acids is 1. The number of aromatic nitrogens is 1. The van der Waals surface area contributed by atoms with Crippen molar-refractivity contribution in [3.05, 3.63) is 54.1 Å². The molecule has 5 nitrogen and oxygen atoms in total. The van der Waals surface area contributed by atoms with Crippen molar-refractivity contribution < 1.29 is 14.3 Å². The Morgan fingerprint density at radius 3 is 2.89 bits per heavy atom. The van der Waals surface area contributed by atoms with Gasteiger partial charge < -0.3 is 9.47 Å². The molecule has 1 unspecified atom stereocenters. The molecule has 6 heteroatoms. The molecule has 3 aromatic rings. The van der Waals surface area contributed by atoms with Gasteiger partial charge >= 0.3 is 0 Å².